The van der Waals surface area contributed by atoms with Crippen molar-refractivity contribution in [3.63, 3.8) is 0 Å². The van der Waals surface area contributed by atoms with Crippen molar-refractivity contribution in [2.75, 3.05) is 18.9 Å². The second-order valence-corrected chi connectivity index (χ2v) is 7.41. The summed E-state index contributed by atoms with van der Waals surface area (Å²) in [5, 5.41) is 5.62. The highest BCUT2D eigenvalue weighted by atomic mass is 16.5. The summed E-state index contributed by atoms with van der Waals surface area (Å²) in [4.78, 5) is 38.2. The maximum Gasteiger partial charge on any atom is 0.255 e. The van der Waals surface area contributed by atoms with Gasteiger partial charge in [-0.1, -0.05) is 30.3 Å². The molecule has 4 rings (SSSR count). The summed E-state index contributed by atoms with van der Waals surface area (Å²) in [5.41, 5.74) is 8.88. The lowest BCUT2D eigenvalue weighted by molar-refractivity contribution is -0.136. The first-order chi connectivity index (χ1) is 14.5. The van der Waals surface area contributed by atoms with Gasteiger partial charge in [-0.15, -0.1) is 0 Å². The Labute approximate surface area is 174 Å². The minimum atomic E-state index is -0.604. The van der Waals surface area contributed by atoms with Gasteiger partial charge < -0.3 is 20.7 Å². The van der Waals surface area contributed by atoms with Gasteiger partial charge in [-0.3, -0.25) is 19.7 Å². The molecule has 156 valence electrons. The van der Waals surface area contributed by atoms with E-state index in [9.17, 15) is 14.4 Å². The van der Waals surface area contributed by atoms with Crippen molar-refractivity contribution < 1.29 is 19.1 Å². The molecular formula is C22H24N4O4. The molecule has 0 spiro atoms. The zero-order chi connectivity index (χ0) is 21.1. The third kappa shape index (κ3) is 3.99. The molecule has 1 saturated heterocycles. The Morgan fingerprint density at radius 2 is 1.97 bits per heavy atom. The number of hydrogen-bond acceptors (Lipinski definition) is 6. The first-order valence-electron chi connectivity index (χ1n) is 9.98. The third-order valence-corrected chi connectivity index (χ3v) is 5.41. The average molecular weight is 408 g/mol. The summed E-state index contributed by atoms with van der Waals surface area (Å²) in [7, 11) is 0. The van der Waals surface area contributed by atoms with Crippen LogP contribution in [0.25, 0.3) is 0 Å². The van der Waals surface area contributed by atoms with Gasteiger partial charge in [-0.2, -0.15) is 0 Å². The Kier molecular flexibility index (Phi) is 5.67. The molecule has 30 heavy (non-hydrogen) atoms. The summed E-state index contributed by atoms with van der Waals surface area (Å²) in [6.07, 6.45) is 0.606. The lowest BCUT2D eigenvalue weighted by atomic mass is 10.0. The van der Waals surface area contributed by atoms with Gasteiger partial charge in [0.25, 0.3) is 5.91 Å². The fraction of sp³-hybridized carbons (Fsp3) is 0.318. The molecule has 2 aliphatic heterocycles. The number of rotatable bonds is 7. The summed E-state index contributed by atoms with van der Waals surface area (Å²) in [5.74, 6) is -0.200. The topological polar surface area (TPSA) is 114 Å². The minimum absolute atomic E-state index is 0.162. The van der Waals surface area contributed by atoms with Crippen LogP contribution in [0.2, 0.25) is 0 Å². The molecule has 0 aliphatic carbocycles. The Bertz CT molecular complexity index is 991. The molecule has 1 fully saturated rings. The fourth-order valence-corrected chi connectivity index (χ4v) is 3.91. The van der Waals surface area contributed by atoms with Crippen molar-refractivity contribution in [1.29, 1.82) is 0 Å². The van der Waals surface area contributed by atoms with Crippen molar-refractivity contribution >= 4 is 23.4 Å². The van der Waals surface area contributed by atoms with Crippen molar-refractivity contribution in [3.05, 3.63) is 59.2 Å². The lowest BCUT2D eigenvalue weighted by Crippen LogP contribution is -2.52. The van der Waals surface area contributed by atoms with Crippen LogP contribution in [0.3, 0.4) is 0 Å². The third-order valence-electron chi connectivity index (χ3n) is 5.41. The number of carbonyl (C=O) groups excluding carboxylic acids is 3. The number of nitrogen functional groups attached to an aromatic ring is 1. The standard InChI is InChI=1S/C22H24N4O4/c23-16-6-1-2-7-18(16)30-11-10-24-12-14-4-3-5-15-13-26(22(29)20(14)15)17-8-9-19(27)25-21(17)28/h1-7,17,24H,8-13,23H2,(H,25,27,28). The Balaban J connectivity index is 1.36. The minimum Gasteiger partial charge on any atom is -0.490 e. The van der Waals surface area contributed by atoms with E-state index in [4.69, 9.17) is 10.5 Å². The molecule has 2 aromatic carbocycles. The number of nitrogens with zero attached hydrogens (tertiary/aromatic N) is 1. The van der Waals surface area contributed by atoms with E-state index in [2.05, 4.69) is 10.6 Å². The first kappa shape index (κ1) is 19.9. The van der Waals surface area contributed by atoms with Gasteiger partial charge in [-0.05, 0) is 29.7 Å². The van der Waals surface area contributed by atoms with Gasteiger partial charge in [0, 0.05) is 31.6 Å². The summed E-state index contributed by atoms with van der Waals surface area (Å²) >= 11 is 0. The van der Waals surface area contributed by atoms with Crippen LogP contribution in [0.1, 0.15) is 34.3 Å². The molecule has 0 bridgehead atoms. The Morgan fingerprint density at radius 1 is 1.13 bits per heavy atom. The maximum atomic E-state index is 13.0. The highest BCUT2D eigenvalue weighted by Gasteiger charge is 2.39. The van der Waals surface area contributed by atoms with E-state index in [1.165, 1.54) is 0 Å². The van der Waals surface area contributed by atoms with Gasteiger partial charge in [0.15, 0.2) is 0 Å². The molecular weight excluding hydrogens is 384 g/mol. The molecule has 0 saturated carbocycles. The second kappa shape index (κ2) is 8.54. The first-order valence-corrected chi connectivity index (χ1v) is 9.98. The van der Waals surface area contributed by atoms with E-state index in [0.717, 1.165) is 11.1 Å². The van der Waals surface area contributed by atoms with E-state index in [-0.39, 0.29) is 18.2 Å². The second-order valence-electron chi connectivity index (χ2n) is 7.41. The van der Waals surface area contributed by atoms with Crippen molar-refractivity contribution in [3.8, 4) is 5.75 Å². The van der Waals surface area contributed by atoms with Gasteiger partial charge in [-0.25, -0.2) is 0 Å². The van der Waals surface area contributed by atoms with Crippen LogP contribution >= 0.6 is 0 Å². The molecule has 1 atom stereocenters. The van der Waals surface area contributed by atoms with Crippen molar-refractivity contribution in [2.24, 2.45) is 0 Å². The molecule has 8 heteroatoms. The molecule has 8 nitrogen and oxygen atoms in total. The number of amides is 3. The van der Waals surface area contributed by atoms with Gasteiger partial charge in [0.05, 0.1) is 5.69 Å². The maximum absolute atomic E-state index is 13.0. The number of piperidine rings is 1. The van der Waals surface area contributed by atoms with E-state index >= 15 is 0 Å². The van der Waals surface area contributed by atoms with E-state index in [1.54, 1.807) is 11.0 Å². The number of ether oxygens (including phenoxy) is 1. The van der Waals surface area contributed by atoms with Crippen molar-refractivity contribution in [2.45, 2.75) is 32.0 Å². The van der Waals surface area contributed by atoms with Crippen LogP contribution in [0.5, 0.6) is 5.75 Å². The number of carbonyl (C=O) groups is 3. The number of anilines is 1. The van der Waals surface area contributed by atoms with Crippen molar-refractivity contribution in [1.82, 2.24) is 15.5 Å². The number of imide groups is 1. The highest BCUT2D eigenvalue weighted by molar-refractivity contribution is 6.05. The Hall–Kier alpha value is -3.39. The molecule has 2 aromatic rings. The number of nitrogens with two attached hydrogens (primary N) is 1. The summed E-state index contributed by atoms with van der Waals surface area (Å²) in [6, 6.07) is 12.5. The van der Waals surface area contributed by atoms with E-state index in [0.29, 0.717) is 49.7 Å². The molecule has 0 aromatic heterocycles. The molecule has 1 unspecified atom stereocenters. The quantitative estimate of drug-likeness (QED) is 0.360. The molecule has 3 amide bonds. The predicted octanol–water partition coefficient (Wildman–Crippen LogP) is 1.20. The number of para-hydroxylation sites is 2. The van der Waals surface area contributed by atoms with E-state index < -0.39 is 11.9 Å². The highest BCUT2D eigenvalue weighted by Crippen LogP contribution is 2.29. The van der Waals surface area contributed by atoms with Gasteiger partial charge in [0.2, 0.25) is 11.8 Å². The van der Waals surface area contributed by atoms with Crippen LogP contribution in [-0.2, 0) is 22.7 Å². The van der Waals surface area contributed by atoms with Gasteiger partial charge >= 0.3 is 0 Å². The molecule has 2 heterocycles. The van der Waals surface area contributed by atoms with Crippen LogP contribution in [0, 0.1) is 0 Å². The van der Waals surface area contributed by atoms with Crippen LogP contribution in [0.4, 0.5) is 5.69 Å². The average Bonchev–Trinajstić information content (AvgIpc) is 3.06. The predicted molar refractivity (Wildman–Crippen MR) is 111 cm³/mol. The zero-order valence-corrected chi connectivity index (χ0v) is 16.5. The zero-order valence-electron chi connectivity index (χ0n) is 16.5. The SMILES string of the molecule is Nc1ccccc1OCCNCc1cccc2c1C(=O)N(C1CCC(=O)NC1=O)C2. The normalized spacial score (nSPS) is 18.3. The van der Waals surface area contributed by atoms with Crippen LogP contribution in [-0.4, -0.2) is 41.8 Å². The number of hydrogen-bond donors (Lipinski definition) is 3. The van der Waals surface area contributed by atoms with Crippen LogP contribution in [0.15, 0.2) is 42.5 Å². The monoisotopic (exact) mass is 408 g/mol. The van der Waals surface area contributed by atoms with Gasteiger partial charge in [0.1, 0.15) is 18.4 Å². The summed E-state index contributed by atoms with van der Waals surface area (Å²) in [6.45, 7) is 1.92. The molecule has 4 N–H and O–H groups in total. The van der Waals surface area contributed by atoms with E-state index in [1.807, 2.05) is 36.4 Å². The Morgan fingerprint density at radius 3 is 2.77 bits per heavy atom. The smallest absolute Gasteiger partial charge is 0.255 e. The number of fused-ring (bicyclic) bond motifs is 1. The fourth-order valence-electron chi connectivity index (χ4n) is 3.91. The largest absolute Gasteiger partial charge is 0.490 e. The summed E-state index contributed by atoms with van der Waals surface area (Å²) < 4.78 is 5.67. The molecule has 0 radical (unpaired) electrons. The number of benzene rings is 2. The van der Waals surface area contributed by atoms with Crippen LogP contribution < -0.4 is 21.1 Å². The molecule has 2 aliphatic rings. The number of nitrogens with one attached hydrogen (secondary N) is 2. The lowest BCUT2D eigenvalue weighted by Gasteiger charge is -2.29.